The molecule has 2 amide bonds. The summed E-state index contributed by atoms with van der Waals surface area (Å²) in [7, 11) is 0. The van der Waals surface area contributed by atoms with E-state index >= 15 is 0 Å². The molecular formula is C38H43N9O3. The maximum atomic E-state index is 13.3. The minimum absolute atomic E-state index is 0.0400. The zero-order valence-electron chi connectivity index (χ0n) is 29.0. The summed E-state index contributed by atoms with van der Waals surface area (Å²) in [6, 6.07) is 18.1. The Morgan fingerprint density at radius 1 is 0.980 bits per heavy atom. The minimum atomic E-state index is -0.190. The Bertz CT molecular complexity index is 2010. The van der Waals surface area contributed by atoms with Gasteiger partial charge in [-0.2, -0.15) is 10.2 Å². The molecule has 2 aliphatic heterocycles. The van der Waals surface area contributed by atoms with Crippen molar-refractivity contribution in [3.8, 4) is 28.5 Å². The molecule has 0 radical (unpaired) electrons. The molecule has 1 fully saturated rings. The van der Waals surface area contributed by atoms with Crippen LogP contribution in [0.1, 0.15) is 52.1 Å². The summed E-state index contributed by atoms with van der Waals surface area (Å²) >= 11 is 0. The van der Waals surface area contributed by atoms with Gasteiger partial charge in [0, 0.05) is 60.1 Å². The highest BCUT2D eigenvalue weighted by atomic mass is 16.5. The molecule has 1 atom stereocenters. The van der Waals surface area contributed by atoms with Crippen LogP contribution in [0.25, 0.3) is 39.1 Å². The summed E-state index contributed by atoms with van der Waals surface area (Å²) in [5.74, 6) is 1.15. The fraction of sp³-hybridized carbons (Fsp3) is 0.368. The predicted octanol–water partition coefficient (Wildman–Crippen LogP) is 5.83. The standard InChI is InChI=1S/C38H43N9O3/c1-24(2)47-23-40-37(44-47)28-7-5-26(6-8-28)27-14-17-46(18-15-27)35(48)22-45-16-13-30(21-45)38(49)41-31-10-11-33-32(19-31)36(43-42-33)29-9-12-34(39-20-29)50-25(3)4/h5-12,14,19-20,23-25,30H,13,15-18,21-22H2,1-4H3,(H,41,49)(H,42,43). The largest absolute Gasteiger partial charge is 0.475 e. The minimum Gasteiger partial charge on any atom is -0.475 e. The van der Waals surface area contributed by atoms with E-state index in [0.29, 0.717) is 50.7 Å². The van der Waals surface area contributed by atoms with Crippen molar-refractivity contribution in [2.75, 3.05) is 38.0 Å². The summed E-state index contributed by atoms with van der Waals surface area (Å²) in [6.07, 6.45) is 7.21. The number of nitrogens with zero attached hydrogens (tertiary/aromatic N) is 7. The molecule has 0 spiro atoms. The highest BCUT2D eigenvalue weighted by molar-refractivity contribution is 5.99. The number of carbonyl (C=O) groups is 2. The van der Waals surface area contributed by atoms with Crippen molar-refractivity contribution in [3.63, 3.8) is 0 Å². The average molecular weight is 674 g/mol. The van der Waals surface area contributed by atoms with Gasteiger partial charge in [0.25, 0.3) is 0 Å². The Hall–Kier alpha value is -5.36. The highest BCUT2D eigenvalue weighted by Gasteiger charge is 2.31. The number of hydrogen-bond donors (Lipinski definition) is 2. The quantitative estimate of drug-likeness (QED) is 0.189. The van der Waals surface area contributed by atoms with Crippen LogP contribution in [0.2, 0.25) is 0 Å². The molecule has 2 N–H and O–H groups in total. The van der Waals surface area contributed by atoms with E-state index in [9.17, 15) is 9.59 Å². The van der Waals surface area contributed by atoms with Gasteiger partial charge in [0.2, 0.25) is 17.7 Å². The number of ether oxygens (including phenoxy) is 1. The fourth-order valence-electron chi connectivity index (χ4n) is 6.52. The molecule has 7 rings (SSSR count). The van der Waals surface area contributed by atoms with Gasteiger partial charge in [-0.25, -0.2) is 14.6 Å². The van der Waals surface area contributed by atoms with Crippen molar-refractivity contribution in [1.29, 1.82) is 0 Å². The lowest BCUT2D eigenvalue weighted by Crippen LogP contribution is -2.41. The lowest BCUT2D eigenvalue weighted by molar-refractivity contribution is -0.132. The number of H-pyrrole nitrogens is 1. The molecule has 3 aromatic heterocycles. The number of carbonyl (C=O) groups excluding carboxylic acids is 2. The number of aromatic nitrogens is 6. The van der Waals surface area contributed by atoms with Gasteiger partial charge in [0.15, 0.2) is 5.82 Å². The Morgan fingerprint density at radius 3 is 2.48 bits per heavy atom. The van der Waals surface area contributed by atoms with Crippen LogP contribution in [0.3, 0.4) is 0 Å². The van der Waals surface area contributed by atoms with E-state index in [-0.39, 0.29) is 29.9 Å². The molecule has 258 valence electrons. The monoisotopic (exact) mass is 673 g/mol. The van der Waals surface area contributed by atoms with Crippen molar-refractivity contribution in [2.45, 2.75) is 52.7 Å². The Morgan fingerprint density at radius 2 is 1.78 bits per heavy atom. The maximum absolute atomic E-state index is 13.3. The van der Waals surface area contributed by atoms with Gasteiger partial charge >= 0.3 is 0 Å². The number of rotatable bonds is 10. The first-order valence-corrected chi connectivity index (χ1v) is 17.3. The summed E-state index contributed by atoms with van der Waals surface area (Å²) in [6.45, 7) is 10.9. The number of amides is 2. The number of nitrogens with one attached hydrogen (secondary N) is 2. The van der Waals surface area contributed by atoms with Crippen LogP contribution in [0, 0.1) is 5.92 Å². The van der Waals surface area contributed by atoms with Gasteiger partial charge in [-0.15, -0.1) is 0 Å². The van der Waals surface area contributed by atoms with Gasteiger partial charge in [-0.05, 0) is 82.5 Å². The lowest BCUT2D eigenvalue weighted by Gasteiger charge is -2.28. The van der Waals surface area contributed by atoms with Crippen LogP contribution in [0.5, 0.6) is 5.88 Å². The molecule has 1 saturated heterocycles. The Labute approximate surface area is 291 Å². The first kappa shape index (κ1) is 33.2. The molecule has 5 aromatic rings. The third kappa shape index (κ3) is 7.30. The van der Waals surface area contributed by atoms with Crippen LogP contribution in [-0.2, 0) is 9.59 Å². The van der Waals surface area contributed by atoms with Crippen LogP contribution in [0.4, 0.5) is 5.69 Å². The molecule has 50 heavy (non-hydrogen) atoms. The summed E-state index contributed by atoms with van der Waals surface area (Å²) in [5, 5.41) is 16.1. The van der Waals surface area contributed by atoms with E-state index in [1.54, 1.807) is 12.5 Å². The van der Waals surface area contributed by atoms with Crippen molar-refractivity contribution >= 4 is 34.0 Å². The van der Waals surface area contributed by atoms with Crippen molar-refractivity contribution < 1.29 is 14.3 Å². The van der Waals surface area contributed by atoms with E-state index in [1.165, 1.54) is 5.57 Å². The second kappa shape index (κ2) is 14.2. The van der Waals surface area contributed by atoms with Gasteiger partial charge in [0.1, 0.15) is 12.0 Å². The molecule has 0 saturated carbocycles. The fourth-order valence-corrected chi connectivity index (χ4v) is 6.52. The molecule has 0 bridgehead atoms. The van der Waals surface area contributed by atoms with Gasteiger partial charge in [-0.3, -0.25) is 19.6 Å². The molecule has 2 aliphatic rings. The topological polar surface area (TPSA) is 134 Å². The second-order valence-corrected chi connectivity index (χ2v) is 13.6. The van der Waals surface area contributed by atoms with E-state index < -0.39 is 0 Å². The van der Waals surface area contributed by atoms with E-state index in [2.05, 4.69) is 79.7 Å². The number of likely N-dealkylation sites (tertiary alicyclic amines) is 1. The molecule has 5 heterocycles. The summed E-state index contributed by atoms with van der Waals surface area (Å²) in [5.41, 5.74) is 6.56. The smallest absolute Gasteiger partial charge is 0.237 e. The van der Waals surface area contributed by atoms with E-state index in [4.69, 9.17) is 4.74 Å². The van der Waals surface area contributed by atoms with Crippen LogP contribution >= 0.6 is 0 Å². The van der Waals surface area contributed by atoms with Crippen molar-refractivity contribution in [2.24, 2.45) is 5.92 Å². The number of anilines is 1. The van der Waals surface area contributed by atoms with Gasteiger partial charge in [-0.1, -0.05) is 30.3 Å². The van der Waals surface area contributed by atoms with Crippen molar-refractivity contribution in [3.05, 3.63) is 78.8 Å². The van der Waals surface area contributed by atoms with Crippen LogP contribution in [0.15, 0.2) is 73.2 Å². The number of pyridine rings is 1. The summed E-state index contributed by atoms with van der Waals surface area (Å²) < 4.78 is 7.53. The molecule has 1 unspecified atom stereocenters. The Kier molecular flexibility index (Phi) is 9.44. The molecule has 0 aliphatic carbocycles. The number of fused-ring (bicyclic) bond motifs is 1. The zero-order chi connectivity index (χ0) is 34.8. The first-order valence-electron chi connectivity index (χ1n) is 17.3. The van der Waals surface area contributed by atoms with Gasteiger partial charge in [0.05, 0.1) is 24.1 Å². The van der Waals surface area contributed by atoms with Crippen LogP contribution < -0.4 is 10.1 Å². The summed E-state index contributed by atoms with van der Waals surface area (Å²) in [4.78, 5) is 39.4. The maximum Gasteiger partial charge on any atom is 0.237 e. The lowest BCUT2D eigenvalue weighted by atomic mass is 9.98. The molecular weight excluding hydrogens is 630 g/mol. The van der Waals surface area contributed by atoms with Gasteiger partial charge < -0.3 is 15.0 Å². The Balaban J connectivity index is 0.908. The zero-order valence-corrected chi connectivity index (χ0v) is 29.0. The molecule has 2 aromatic carbocycles. The number of benzene rings is 2. The van der Waals surface area contributed by atoms with E-state index in [1.807, 2.05) is 53.8 Å². The molecule has 12 nitrogen and oxygen atoms in total. The second-order valence-electron chi connectivity index (χ2n) is 13.6. The number of hydrogen-bond acceptors (Lipinski definition) is 8. The third-order valence-electron chi connectivity index (χ3n) is 9.31. The average Bonchev–Trinajstić information content (AvgIpc) is 3.89. The first-order chi connectivity index (χ1) is 24.2. The van der Waals surface area contributed by atoms with E-state index in [0.717, 1.165) is 45.5 Å². The SMILES string of the molecule is CC(C)Oc1ccc(-c2n[nH]c3ccc(NC(=O)C4CCN(CC(=O)N5CC=C(c6ccc(-c7ncn(C(C)C)n7)cc6)CC5)C4)cc23)cn1. The number of aromatic amines is 1. The predicted molar refractivity (Wildman–Crippen MR) is 193 cm³/mol. The van der Waals surface area contributed by atoms with Crippen LogP contribution in [-0.4, -0.2) is 90.4 Å². The highest BCUT2D eigenvalue weighted by Crippen LogP contribution is 2.30. The molecule has 12 heteroatoms. The van der Waals surface area contributed by atoms with Crippen molar-refractivity contribution in [1.82, 2.24) is 39.7 Å². The third-order valence-corrected chi connectivity index (χ3v) is 9.31. The normalized spacial score (nSPS) is 16.7.